The van der Waals surface area contributed by atoms with Crippen molar-refractivity contribution < 1.29 is 0 Å². The smallest absolute Gasteiger partial charge is 0.270 e. The lowest BCUT2D eigenvalue weighted by Crippen LogP contribution is -2.12. The van der Waals surface area contributed by atoms with Crippen molar-refractivity contribution in [3.05, 3.63) is 56.6 Å². The average molecular weight is 306 g/mol. The molecule has 2 heterocycles. The van der Waals surface area contributed by atoms with Crippen molar-refractivity contribution in [2.45, 2.75) is 6.92 Å². The molecule has 0 amide bonds. The lowest BCUT2D eigenvalue weighted by Gasteiger charge is -2.08. The van der Waals surface area contributed by atoms with E-state index in [1.165, 1.54) is 0 Å². The third-order valence-electron chi connectivity index (χ3n) is 2.99. The summed E-state index contributed by atoms with van der Waals surface area (Å²) >= 11 is 12.1. The molecule has 0 bridgehead atoms. The fraction of sp³-hybridized carbons (Fsp3) is 0.0714. The molecule has 0 spiro atoms. The molecule has 0 fully saturated rings. The quantitative estimate of drug-likeness (QED) is 0.747. The molecule has 3 aromatic rings. The van der Waals surface area contributed by atoms with Crippen molar-refractivity contribution in [3.63, 3.8) is 0 Å². The van der Waals surface area contributed by atoms with E-state index in [4.69, 9.17) is 23.2 Å². The molecule has 6 heteroatoms. The first-order valence-electron chi connectivity index (χ1n) is 5.87. The minimum absolute atomic E-state index is 0.246. The van der Waals surface area contributed by atoms with Gasteiger partial charge in [0.1, 0.15) is 11.2 Å². The van der Waals surface area contributed by atoms with Gasteiger partial charge >= 0.3 is 0 Å². The maximum absolute atomic E-state index is 11.6. The van der Waals surface area contributed by atoms with Gasteiger partial charge in [0, 0.05) is 27.4 Å². The predicted octanol–water partition coefficient (Wildman–Crippen LogP) is 3.60. The highest BCUT2D eigenvalue weighted by Crippen LogP contribution is 2.32. The second-order valence-corrected chi connectivity index (χ2v) is 5.17. The van der Waals surface area contributed by atoms with Crippen LogP contribution in [0.4, 0.5) is 0 Å². The van der Waals surface area contributed by atoms with E-state index in [2.05, 4.69) is 15.0 Å². The molecule has 0 radical (unpaired) electrons. The van der Waals surface area contributed by atoms with Crippen LogP contribution in [0, 0.1) is 6.92 Å². The Balaban J connectivity index is 2.36. The third-order valence-corrected chi connectivity index (χ3v) is 3.53. The number of nitrogens with zero attached hydrogens (tertiary/aromatic N) is 2. The minimum atomic E-state index is -0.246. The van der Waals surface area contributed by atoms with Gasteiger partial charge in [0.25, 0.3) is 5.56 Å². The predicted molar refractivity (Wildman–Crippen MR) is 80.4 cm³/mol. The van der Waals surface area contributed by atoms with Gasteiger partial charge in [0.15, 0.2) is 5.65 Å². The normalized spacial score (nSPS) is 10.9. The number of aromatic nitrogens is 3. The summed E-state index contributed by atoms with van der Waals surface area (Å²) < 4.78 is 0. The van der Waals surface area contributed by atoms with E-state index in [1.54, 1.807) is 25.3 Å². The second kappa shape index (κ2) is 4.89. The van der Waals surface area contributed by atoms with E-state index < -0.39 is 0 Å². The van der Waals surface area contributed by atoms with Crippen molar-refractivity contribution in [3.8, 4) is 11.1 Å². The van der Waals surface area contributed by atoms with Crippen LogP contribution in [-0.4, -0.2) is 15.0 Å². The highest BCUT2D eigenvalue weighted by atomic mass is 35.5. The molecule has 20 heavy (non-hydrogen) atoms. The number of aryl methyl sites for hydroxylation is 1. The fourth-order valence-corrected chi connectivity index (χ4v) is 2.51. The number of rotatable bonds is 1. The van der Waals surface area contributed by atoms with Gasteiger partial charge in [-0.05, 0) is 25.1 Å². The largest absolute Gasteiger partial charge is 0.304 e. The monoisotopic (exact) mass is 305 g/mol. The van der Waals surface area contributed by atoms with Crippen molar-refractivity contribution in [1.82, 2.24) is 15.0 Å². The summed E-state index contributed by atoms with van der Waals surface area (Å²) in [7, 11) is 0. The number of hydrogen-bond acceptors (Lipinski definition) is 3. The number of pyridine rings is 1. The van der Waals surface area contributed by atoms with Gasteiger partial charge in [-0.25, -0.2) is 9.97 Å². The summed E-state index contributed by atoms with van der Waals surface area (Å²) in [4.78, 5) is 22.7. The van der Waals surface area contributed by atoms with E-state index >= 15 is 0 Å². The number of hydrogen-bond donors (Lipinski definition) is 1. The first-order valence-corrected chi connectivity index (χ1v) is 6.63. The number of benzene rings is 1. The van der Waals surface area contributed by atoms with Gasteiger partial charge in [-0.3, -0.25) is 4.79 Å². The lowest BCUT2D eigenvalue weighted by molar-refractivity contribution is 1.10. The molecule has 0 aliphatic heterocycles. The van der Waals surface area contributed by atoms with Crippen molar-refractivity contribution in [2.24, 2.45) is 0 Å². The Morgan fingerprint density at radius 2 is 1.95 bits per heavy atom. The maximum atomic E-state index is 11.6. The van der Waals surface area contributed by atoms with Gasteiger partial charge in [-0.15, -0.1) is 0 Å². The number of halogens is 2. The molecule has 3 rings (SSSR count). The number of fused-ring (bicyclic) bond motifs is 1. The Morgan fingerprint density at radius 1 is 1.15 bits per heavy atom. The first kappa shape index (κ1) is 13.1. The SMILES string of the molecule is Cc1nc2c(-c3ccc(Cl)cc3Cl)ccnc2[nH]c1=O. The Hall–Kier alpha value is -1.91. The van der Waals surface area contributed by atoms with Crippen molar-refractivity contribution in [2.75, 3.05) is 0 Å². The van der Waals surface area contributed by atoms with E-state index in [0.717, 1.165) is 11.1 Å². The van der Waals surface area contributed by atoms with Crippen LogP contribution >= 0.6 is 23.2 Å². The number of aromatic amines is 1. The van der Waals surface area contributed by atoms with E-state index in [9.17, 15) is 4.79 Å². The van der Waals surface area contributed by atoms with Crippen LogP contribution in [0.25, 0.3) is 22.3 Å². The standard InChI is InChI=1S/C14H9Cl2N3O/c1-7-14(20)19-13-12(18-7)10(4-5-17-13)9-3-2-8(15)6-11(9)16/h2-6H,1H3,(H,17,19,20). The van der Waals surface area contributed by atoms with Crippen LogP contribution in [0.1, 0.15) is 5.69 Å². The summed E-state index contributed by atoms with van der Waals surface area (Å²) in [5.41, 5.74) is 2.78. The first-order chi connectivity index (χ1) is 9.56. The Bertz CT molecular complexity index is 874. The van der Waals surface area contributed by atoms with Crippen molar-refractivity contribution >= 4 is 34.4 Å². The van der Waals surface area contributed by atoms with Gasteiger partial charge in [0.2, 0.25) is 0 Å². The van der Waals surface area contributed by atoms with Crippen LogP contribution in [0.3, 0.4) is 0 Å². The Morgan fingerprint density at radius 3 is 2.70 bits per heavy atom. The summed E-state index contributed by atoms with van der Waals surface area (Å²) in [6.07, 6.45) is 1.61. The second-order valence-electron chi connectivity index (χ2n) is 4.33. The van der Waals surface area contributed by atoms with E-state index in [0.29, 0.717) is 26.9 Å². The van der Waals surface area contributed by atoms with Gasteiger partial charge in [-0.2, -0.15) is 0 Å². The molecule has 0 unspecified atom stereocenters. The highest BCUT2D eigenvalue weighted by molar-refractivity contribution is 6.36. The van der Waals surface area contributed by atoms with Crippen LogP contribution in [0.5, 0.6) is 0 Å². The summed E-state index contributed by atoms with van der Waals surface area (Å²) in [5, 5.41) is 1.09. The zero-order chi connectivity index (χ0) is 14.3. The van der Waals surface area contributed by atoms with Gasteiger partial charge in [-0.1, -0.05) is 29.3 Å². The van der Waals surface area contributed by atoms with Crippen LogP contribution in [0.2, 0.25) is 10.0 Å². The van der Waals surface area contributed by atoms with Crippen LogP contribution in [0.15, 0.2) is 35.3 Å². The van der Waals surface area contributed by atoms with Gasteiger partial charge in [0.05, 0.1) is 0 Å². The molecule has 1 N–H and O–H groups in total. The summed E-state index contributed by atoms with van der Waals surface area (Å²) in [6.45, 7) is 1.65. The Kier molecular flexibility index (Phi) is 3.20. The molecular weight excluding hydrogens is 297 g/mol. The molecule has 4 nitrogen and oxygen atoms in total. The fourth-order valence-electron chi connectivity index (χ4n) is 2.00. The average Bonchev–Trinajstić information content (AvgIpc) is 2.40. The Labute approximate surface area is 124 Å². The number of H-pyrrole nitrogens is 1. The molecule has 0 saturated heterocycles. The molecule has 0 aliphatic carbocycles. The summed E-state index contributed by atoms with van der Waals surface area (Å²) in [6, 6.07) is 7.06. The highest BCUT2D eigenvalue weighted by Gasteiger charge is 2.11. The molecule has 2 aromatic heterocycles. The topological polar surface area (TPSA) is 58.6 Å². The van der Waals surface area contributed by atoms with Crippen molar-refractivity contribution in [1.29, 1.82) is 0 Å². The van der Waals surface area contributed by atoms with Gasteiger partial charge < -0.3 is 4.98 Å². The number of nitrogens with one attached hydrogen (secondary N) is 1. The molecule has 1 aromatic carbocycles. The molecular formula is C14H9Cl2N3O. The lowest BCUT2D eigenvalue weighted by atomic mass is 10.1. The zero-order valence-corrected chi connectivity index (χ0v) is 12.0. The van der Waals surface area contributed by atoms with E-state index in [-0.39, 0.29) is 5.56 Å². The minimum Gasteiger partial charge on any atom is -0.304 e. The summed E-state index contributed by atoms with van der Waals surface area (Å²) in [5.74, 6) is 0. The maximum Gasteiger partial charge on any atom is 0.270 e. The molecule has 0 atom stereocenters. The van der Waals surface area contributed by atoms with Crippen LogP contribution < -0.4 is 5.56 Å². The third kappa shape index (κ3) is 2.17. The molecule has 0 saturated carbocycles. The zero-order valence-electron chi connectivity index (χ0n) is 10.4. The van der Waals surface area contributed by atoms with Crippen LogP contribution in [-0.2, 0) is 0 Å². The molecule has 0 aliphatic rings. The molecule has 100 valence electrons. The van der Waals surface area contributed by atoms with E-state index in [1.807, 2.05) is 12.1 Å².